The molecule has 1 aromatic heterocycles. The SMILES string of the molecule is CCC(C)OC(=O)c1ccc(CC2CCCCCc3c2nnn3C)cc1. The highest BCUT2D eigenvalue weighted by molar-refractivity contribution is 5.89. The Morgan fingerprint density at radius 3 is 2.77 bits per heavy atom. The van der Waals surface area contributed by atoms with E-state index in [4.69, 9.17) is 4.74 Å². The summed E-state index contributed by atoms with van der Waals surface area (Å²) in [5, 5.41) is 8.71. The lowest BCUT2D eigenvalue weighted by Crippen LogP contribution is -2.14. The van der Waals surface area contributed by atoms with Crippen molar-refractivity contribution in [3.8, 4) is 0 Å². The number of esters is 1. The van der Waals surface area contributed by atoms with Gasteiger partial charge in [-0.1, -0.05) is 37.1 Å². The van der Waals surface area contributed by atoms with Crippen molar-refractivity contribution in [1.82, 2.24) is 15.0 Å². The quantitative estimate of drug-likeness (QED) is 0.754. The van der Waals surface area contributed by atoms with Gasteiger partial charge in [-0.05, 0) is 56.7 Å². The molecule has 0 spiro atoms. The second-order valence-electron chi connectivity index (χ2n) is 7.37. The number of fused-ring (bicyclic) bond motifs is 1. The molecule has 3 rings (SSSR count). The van der Waals surface area contributed by atoms with Crippen molar-refractivity contribution in [3.63, 3.8) is 0 Å². The molecule has 0 aliphatic heterocycles. The second-order valence-corrected chi connectivity index (χ2v) is 7.37. The molecule has 1 aliphatic rings. The van der Waals surface area contributed by atoms with E-state index < -0.39 is 0 Å². The van der Waals surface area contributed by atoms with E-state index in [1.165, 1.54) is 30.5 Å². The summed E-state index contributed by atoms with van der Waals surface area (Å²) >= 11 is 0. The number of rotatable bonds is 5. The molecule has 0 fully saturated rings. The zero-order valence-electron chi connectivity index (χ0n) is 16.1. The maximum absolute atomic E-state index is 12.1. The van der Waals surface area contributed by atoms with Crippen molar-refractivity contribution in [3.05, 3.63) is 46.8 Å². The highest BCUT2D eigenvalue weighted by atomic mass is 16.5. The van der Waals surface area contributed by atoms with E-state index in [1.807, 2.05) is 49.8 Å². The fraction of sp³-hybridized carbons (Fsp3) is 0.571. The number of hydrogen-bond donors (Lipinski definition) is 0. The van der Waals surface area contributed by atoms with Crippen LogP contribution in [0.2, 0.25) is 0 Å². The number of ether oxygens (including phenoxy) is 1. The second kappa shape index (κ2) is 8.47. The fourth-order valence-corrected chi connectivity index (χ4v) is 3.59. The summed E-state index contributed by atoms with van der Waals surface area (Å²) in [6.45, 7) is 3.93. The van der Waals surface area contributed by atoms with Gasteiger partial charge in [0.15, 0.2) is 0 Å². The lowest BCUT2D eigenvalue weighted by atomic mass is 9.87. The van der Waals surface area contributed by atoms with Crippen molar-refractivity contribution in [2.45, 2.75) is 70.8 Å². The molecule has 1 heterocycles. The molecule has 2 unspecified atom stereocenters. The summed E-state index contributed by atoms with van der Waals surface area (Å²) < 4.78 is 7.33. The Bertz CT molecular complexity index is 736. The van der Waals surface area contributed by atoms with Gasteiger partial charge in [0.1, 0.15) is 0 Å². The van der Waals surface area contributed by atoms with Crippen LogP contribution in [0.3, 0.4) is 0 Å². The molecule has 5 heteroatoms. The van der Waals surface area contributed by atoms with E-state index in [0.717, 1.165) is 31.4 Å². The van der Waals surface area contributed by atoms with Crippen LogP contribution in [-0.2, 0) is 24.6 Å². The Labute approximate surface area is 155 Å². The first-order valence-corrected chi connectivity index (χ1v) is 9.76. The Morgan fingerprint density at radius 2 is 2.04 bits per heavy atom. The van der Waals surface area contributed by atoms with Crippen LogP contribution in [0.1, 0.15) is 79.2 Å². The molecule has 2 atom stereocenters. The van der Waals surface area contributed by atoms with Gasteiger partial charge >= 0.3 is 5.97 Å². The zero-order valence-corrected chi connectivity index (χ0v) is 16.1. The number of hydrogen-bond acceptors (Lipinski definition) is 4. The molecular weight excluding hydrogens is 326 g/mol. The van der Waals surface area contributed by atoms with Crippen molar-refractivity contribution in [2.24, 2.45) is 7.05 Å². The topological polar surface area (TPSA) is 57.0 Å². The third kappa shape index (κ3) is 4.32. The Morgan fingerprint density at radius 1 is 1.27 bits per heavy atom. The maximum Gasteiger partial charge on any atom is 0.338 e. The van der Waals surface area contributed by atoms with Gasteiger partial charge in [0, 0.05) is 13.0 Å². The molecule has 0 saturated heterocycles. The molecule has 1 aromatic carbocycles. The Kier molecular flexibility index (Phi) is 6.07. The summed E-state index contributed by atoms with van der Waals surface area (Å²) in [4.78, 5) is 12.1. The van der Waals surface area contributed by atoms with E-state index in [0.29, 0.717) is 11.5 Å². The molecule has 0 radical (unpaired) electrons. The number of carbonyl (C=O) groups is 1. The summed E-state index contributed by atoms with van der Waals surface area (Å²) in [6.07, 6.45) is 7.64. The van der Waals surface area contributed by atoms with Crippen LogP contribution in [0.4, 0.5) is 0 Å². The van der Waals surface area contributed by atoms with Crippen LogP contribution < -0.4 is 0 Å². The predicted octanol–water partition coefficient (Wildman–Crippen LogP) is 4.21. The van der Waals surface area contributed by atoms with Gasteiger partial charge in [-0.3, -0.25) is 4.68 Å². The van der Waals surface area contributed by atoms with E-state index >= 15 is 0 Å². The number of nitrogens with zero attached hydrogens (tertiary/aromatic N) is 3. The molecule has 2 aromatic rings. The normalized spacial score (nSPS) is 18.5. The van der Waals surface area contributed by atoms with E-state index in [2.05, 4.69) is 10.3 Å². The van der Waals surface area contributed by atoms with Crippen LogP contribution in [-0.4, -0.2) is 27.1 Å². The van der Waals surface area contributed by atoms with Crippen molar-refractivity contribution < 1.29 is 9.53 Å². The van der Waals surface area contributed by atoms with Crippen LogP contribution in [0.15, 0.2) is 24.3 Å². The molecule has 140 valence electrons. The number of carbonyl (C=O) groups excluding carboxylic acids is 1. The molecule has 5 nitrogen and oxygen atoms in total. The Balaban J connectivity index is 1.72. The monoisotopic (exact) mass is 355 g/mol. The minimum Gasteiger partial charge on any atom is -0.459 e. The smallest absolute Gasteiger partial charge is 0.338 e. The number of aryl methyl sites for hydroxylation is 1. The van der Waals surface area contributed by atoms with Gasteiger partial charge < -0.3 is 4.74 Å². The van der Waals surface area contributed by atoms with Crippen LogP contribution in [0.25, 0.3) is 0 Å². The summed E-state index contributed by atoms with van der Waals surface area (Å²) in [6, 6.07) is 7.84. The van der Waals surface area contributed by atoms with Crippen LogP contribution in [0, 0.1) is 0 Å². The van der Waals surface area contributed by atoms with Gasteiger partial charge in [0.2, 0.25) is 0 Å². The maximum atomic E-state index is 12.1. The largest absolute Gasteiger partial charge is 0.459 e. The summed E-state index contributed by atoms with van der Waals surface area (Å²) in [5.74, 6) is 0.157. The third-order valence-corrected chi connectivity index (χ3v) is 5.38. The van der Waals surface area contributed by atoms with Gasteiger partial charge in [-0.15, -0.1) is 5.10 Å². The molecular formula is C21H29N3O2. The highest BCUT2D eigenvalue weighted by Gasteiger charge is 2.23. The first-order chi connectivity index (χ1) is 12.6. The molecule has 0 bridgehead atoms. The highest BCUT2D eigenvalue weighted by Crippen LogP contribution is 2.30. The standard InChI is InChI=1S/C21H29N3O2/c1-4-15(2)26-21(25)17-12-10-16(11-13-17)14-18-8-6-5-7-9-19-20(18)22-23-24(19)3/h10-13,15,18H,4-9,14H2,1-3H3. The average Bonchev–Trinajstić information content (AvgIpc) is 2.98. The molecule has 26 heavy (non-hydrogen) atoms. The first-order valence-electron chi connectivity index (χ1n) is 9.76. The van der Waals surface area contributed by atoms with E-state index in [-0.39, 0.29) is 12.1 Å². The van der Waals surface area contributed by atoms with E-state index in [1.54, 1.807) is 0 Å². The van der Waals surface area contributed by atoms with Crippen molar-refractivity contribution in [2.75, 3.05) is 0 Å². The lowest BCUT2D eigenvalue weighted by molar-refractivity contribution is 0.0334. The summed E-state index contributed by atoms with van der Waals surface area (Å²) in [7, 11) is 1.99. The fourth-order valence-electron chi connectivity index (χ4n) is 3.59. The molecule has 0 N–H and O–H groups in total. The first kappa shape index (κ1) is 18.6. The lowest BCUT2D eigenvalue weighted by Gasteiger charge is -2.19. The Hall–Kier alpha value is -2.17. The van der Waals surface area contributed by atoms with Crippen molar-refractivity contribution >= 4 is 5.97 Å². The zero-order chi connectivity index (χ0) is 18.5. The number of aromatic nitrogens is 3. The molecule has 0 saturated carbocycles. The minimum absolute atomic E-state index is 0.0489. The minimum atomic E-state index is -0.243. The molecule has 1 aliphatic carbocycles. The van der Waals surface area contributed by atoms with Crippen LogP contribution >= 0.6 is 0 Å². The predicted molar refractivity (Wildman–Crippen MR) is 101 cm³/mol. The third-order valence-electron chi connectivity index (χ3n) is 5.38. The van der Waals surface area contributed by atoms with E-state index in [9.17, 15) is 4.79 Å². The summed E-state index contributed by atoms with van der Waals surface area (Å²) in [5.41, 5.74) is 4.29. The van der Waals surface area contributed by atoms with Gasteiger partial charge in [0.25, 0.3) is 0 Å². The van der Waals surface area contributed by atoms with Crippen molar-refractivity contribution in [1.29, 1.82) is 0 Å². The number of benzene rings is 1. The van der Waals surface area contributed by atoms with Gasteiger partial charge in [-0.2, -0.15) is 0 Å². The van der Waals surface area contributed by atoms with Gasteiger partial charge in [0.05, 0.1) is 23.1 Å². The van der Waals surface area contributed by atoms with Crippen LogP contribution in [0.5, 0.6) is 0 Å². The molecule has 0 amide bonds. The van der Waals surface area contributed by atoms with Gasteiger partial charge in [-0.25, -0.2) is 4.79 Å². The average molecular weight is 355 g/mol.